The molecule has 12 aromatic rings. The first-order chi connectivity index (χ1) is 29.2. The summed E-state index contributed by atoms with van der Waals surface area (Å²) in [6.45, 7) is 0. The zero-order valence-electron chi connectivity index (χ0n) is 32.0. The maximum atomic E-state index is 6.66. The van der Waals surface area contributed by atoms with Crippen LogP contribution in [0.15, 0.2) is 221 Å². The van der Waals surface area contributed by atoms with Gasteiger partial charge in [0.25, 0.3) is 0 Å². The van der Waals surface area contributed by atoms with Crippen LogP contribution in [0, 0.1) is 0 Å². The third-order valence-electron chi connectivity index (χ3n) is 11.9. The fourth-order valence-corrected chi connectivity index (χ4v) is 9.08. The highest BCUT2D eigenvalue weighted by atomic mass is 16.3. The molecule has 0 unspecified atom stereocenters. The van der Waals surface area contributed by atoms with E-state index in [-0.39, 0.29) is 0 Å². The van der Waals surface area contributed by atoms with Crippen molar-refractivity contribution in [2.24, 2.45) is 0 Å². The molecule has 10 aromatic carbocycles. The van der Waals surface area contributed by atoms with E-state index in [0.717, 1.165) is 88.6 Å². The van der Waals surface area contributed by atoms with E-state index in [0.29, 0.717) is 0 Å². The number of benzene rings is 10. The highest BCUT2D eigenvalue weighted by Gasteiger charge is 2.21. The van der Waals surface area contributed by atoms with Crippen LogP contribution in [-0.4, -0.2) is 0 Å². The Morgan fingerprint density at radius 2 is 0.881 bits per heavy atom. The highest BCUT2D eigenvalue weighted by Crippen LogP contribution is 2.46. The van der Waals surface area contributed by atoms with Gasteiger partial charge in [0, 0.05) is 43.9 Å². The standard InChI is InChI=1S/C56H35NO2/c1-3-14-43-37(11-1)13-9-18-44(43)39-25-31-42(32-26-39)57(41-29-23-36(24-30-41)40-28-34-53-50(35-40)47-17-6-8-21-52(47)58-53)51-20-7-5-16-46(51)48-19-10-22-54-55(48)49-33-27-38-12-2-4-15-45(38)56(49)59-54/h1-35H. The van der Waals surface area contributed by atoms with Gasteiger partial charge in [-0.25, -0.2) is 0 Å². The van der Waals surface area contributed by atoms with Crippen molar-refractivity contribution in [2.45, 2.75) is 0 Å². The second-order valence-electron chi connectivity index (χ2n) is 15.2. The average Bonchev–Trinajstić information content (AvgIpc) is 3.88. The Hall–Kier alpha value is -7.88. The van der Waals surface area contributed by atoms with E-state index in [1.165, 1.54) is 27.3 Å². The van der Waals surface area contributed by atoms with Crippen LogP contribution in [-0.2, 0) is 0 Å². The summed E-state index contributed by atoms with van der Waals surface area (Å²) in [7, 11) is 0. The van der Waals surface area contributed by atoms with Gasteiger partial charge in [0.15, 0.2) is 0 Å². The van der Waals surface area contributed by atoms with Gasteiger partial charge < -0.3 is 13.7 Å². The van der Waals surface area contributed by atoms with E-state index >= 15 is 0 Å². The molecule has 2 heterocycles. The zero-order chi connectivity index (χ0) is 38.9. The molecule has 0 spiro atoms. The number of nitrogens with zero attached hydrogens (tertiary/aromatic N) is 1. The third kappa shape index (κ3) is 5.44. The van der Waals surface area contributed by atoms with Gasteiger partial charge in [0.05, 0.1) is 5.69 Å². The van der Waals surface area contributed by atoms with Crippen LogP contribution in [0.2, 0.25) is 0 Å². The van der Waals surface area contributed by atoms with E-state index < -0.39 is 0 Å². The first-order valence-corrected chi connectivity index (χ1v) is 20.1. The Labute approximate surface area is 340 Å². The number of fused-ring (bicyclic) bond motifs is 9. The topological polar surface area (TPSA) is 29.5 Å². The largest absolute Gasteiger partial charge is 0.456 e. The van der Waals surface area contributed by atoms with Crippen molar-refractivity contribution >= 4 is 82.5 Å². The molecular formula is C56H35NO2. The molecule has 0 radical (unpaired) electrons. The van der Waals surface area contributed by atoms with Crippen LogP contribution in [0.3, 0.4) is 0 Å². The monoisotopic (exact) mass is 753 g/mol. The van der Waals surface area contributed by atoms with E-state index in [9.17, 15) is 0 Å². The second kappa shape index (κ2) is 13.4. The molecule has 0 amide bonds. The summed E-state index contributed by atoms with van der Waals surface area (Å²) >= 11 is 0. The van der Waals surface area contributed by atoms with Gasteiger partial charge in [0.1, 0.15) is 22.3 Å². The average molecular weight is 754 g/mol. The van der Waals surface area contributed by atoms with E-state index in [2.05, 4.69) is 205 Å². The fraction of sp³-hybridized carbons (Fsp3) is 0. The number of para-hydroxylation sites is 2. The van der Waals surface area contributed by atoms with E-state index in [1.54, 1.807) is 0 Å². The molecule has 3 heteroatoms. The smallest absolute Gasteiger partial charge is 0.143 e. The molecule has 0 saturated carbocycles. The Bertz CT molecular complexity index is 3550. The number of anilines is 3. The molecule has 0 saturated heterocycles. The summed E-state index contributed by atoms with van der Waals surface area (Å²) in [5.41, 5.74) is 13.7. The predicted octanol–water partition coefficient (Wildman–Crippen LogP) is 16.3. The molecule has 0 aliphatic rings. The van der Waals surface area contributed by atoms with Crippen molar-refractivity contribution in [1.29, 1.82) is 0 Å². The Morgan fingerprint density at radius 3 is 1.71 bits per heavy atom. The van der Waals surface area contributed by atoms with Crippen LogP contribution >= 0.6 is 0 Å². The van der Waals surface area contributed by atoms with Crippen molar-refractivity contribution in [3.05, 3.63) is 212 Å². The lowest BCUT2D eigenvalue weighted by Gasteiger charge is -2.28. The lowest BCUT2D eigenvalue weighted by atomic mass is 9.95. The molecule has 0 N–H and O–H groups in total. The first-order valence-electron chi connectivity index (χ1n) is 20.1. The van der Waals surface area contributed by atoms with Crippen molar-refractivity contribution in [3.63, 3.8) is 0 Å². The number of rotatable bonds is 6. The zero-order valence-corrected chi connectivity index (χ0v) is 32.0. The first kappa shape index (κ1) is 33.3. The minimum atomic E-state index is 0.876. The Morgan fingerprint density at radius 1 is 0.305 bits per heavy atom. The maximum Gasteiger partial charge on any atom is 0.143 e. The van der Waals surface area contributed by atoms with Gasteiger partial charge in [-0.2, -0.15) is 0 Å². The van der Waals surface area contributed by atoms with Crippen molar-refractivity contribution < 1.29 is 8.83 Å². The highest BCUT2D eigenvalue weighted by molar-refractivity contribution is 6.20. The summed E-state index contributed by atoms with van der Waals surface area (Å²) < 4.78 is 12.8. The molecule has 276 valence electrons. The predicted molar refractivity (Wildman–Crippen MR) is 247 cm³/mol. The molecule has 0 atom stereocenters. The Kier molecular flexibility index (Phi) is 7.54. The minimum absolute atomic E-state index is 0.876. The molecule has 0 aliphatic carbocycles. The minimum Gasteiger partial charge on any atom is -0.456 e. The van der Waals surface area contributed by atoms with Gasteiger partial charge in [-0.3, -0.25) is 0 Å². The summed E-state index contributed by atoms with van der Waals surface area (Å²) in [6.07, 6.45) is 0. The van der Waals surface area contributed by atoms with Crippen LogP contribution < -0.4 is 4.90 Å². The van der Waals surface area contributed by atoms with Crippen molar-refractivity contribution in [3.8, 4) is 33.4 Å². The maximum absolute atomic E-state index is 6.66. The molecule has 0 fully saturated rings. The number of hydrogen-bond donors (Lipinski definition) is 0. The molecule has 2 aromatic heterocycles. The van der Waals surface area contributed by atoms with Crippen LogP contribution in [0.5, 0.6) is 0 Å². The lowest BCUT2D eigenvalue weighted by Crippen LogP contribution is -2.11. The summed E-state index contributed by atoms with van der Waals surface area (Å²) in [5, 5.41) is 9.25. The normalized spacial score (nSPS) is 11.7. The van der Waals surface area contributed by atoms with Crippen LogP contribution in [0.4, 0.5) is 17.1 Å². The fourth-order valence-electron chi connectivity index (χ4n) is 9.08. The Balaban J connectivity index is 1.02. The molecule has 12 rings (SSSR count). The van der Waals surface area contributed by atoms with Gasteiger partial charge in [-0.15, -0.1) is 0 Å². The molecule has 0 aliphatic heterocycles. The van der Waals surface area contributed by atoms with Crippen molar-refractivity contribution in [1.82, 2.24) is 0 Å². The third-order valence-corrected chi connectivity index (χ3v) is 11.9. The second-order valence-corrected chi connectivity index (χ2v) is 15.2. The lowest BCUT2D eigenvalue weighted by molar-refractivity contribution is 0.669. The SMILES string of the molecule is c1ccc(N(c2ccc(-c3ccc4oc5ccccc5c4c3)cc2)c2ccc(-c3cccc4ccccc34)cc2)c(-c2cccc3oc4c5ccccc5ccc4c23)c1. The van der Waals surface area contributed by atoms with Crippen molar-refractivity contribution in [2.75, 3.05) is 4.90 Å². The molecule has 0 bridgehead atoms. The van der Waals surface area contributed by atoms with Gasteiger partial charge in [-0.1, -0.05) is 152 Å². The van der Waals surface area contributed by atoms with E-state index in [1.807, 2.05) is 12.1 Å². The van der Waals surface area contributed by atoms with Crippen LogP contribution in [0.1, 0.15) is 0 Å². The van der Waals surface area contributed by atoms with Gasteiger partial charge in [-0.05, 0) is 105 Å². The summed E-state index contributed by atoms with van der Waals surface area (Å²) in [5.74, 6) is 0. The van der Waals surface area contributed by atoms with Gasteiger partial charge >= 0.3 is 0 Å². The summed E-state index contributed by atoms with van der Waals surface area (Å²) in [4.78, 5) is 2.38. The van der Waals surface area contributed by atoms with E-state index in [4.69, 9.17) is 8.83 Å². The quantitative estimate of drug-likeness (QED) is 0.169. The van der Waals surface area contributed by atoms with Gasteiger partial charge in [0.2, 0.25) is 0 Å². The summed E-state index contributed by atoms with van der Waals surface area (Å²) in [6, 6.07) is 75.8. The molecule has 59 heavy (non-hydrogen) atoms. The molecule has 3 nitrogen and oxygen atoms in total. The number of furan rings is 2. The molecular weight excluding hydrogens is 719 g/mol. The number of hydrogen-bond acceptors (Lipinski definition) is 3. The van der Waals surface area contributed by atoms with Crippen LogP contribution in [0.25, 0.3) is 98.8 Å².